The topological polar surface area (TPSA) is 83.0 Å². The van der Waals surface area contributed by atoms with Gasteiger partial charge in [0.1, 0.15) is 23.3 Å². The molecule has 10 heteroatoms. The molecule has 2 atom stereocenters. The van der Waals surface area contributed by atoms with Crippen molar-refractivity contribution in [2.75, 3.05) is 23.3 Å². The lowest BCUT2D eigenvalue weighted by Crippen LogP contribution is -2.53. The zero-order valence-electron chi connectivity index (χ0n) is 17.9. The number of pyridine rings is 1. The number of rotatable bonds is 5. The first-order valence-corrected chi connectivity index (χ1v) is 10.2. The summed E-state index contributed by atoms with van der Waals surface area (Å²) in [6.45, 7) is 6.09. The zero-order valence-corrected chi connectivity index (χ0v) is 17.9. The van der Waals surface area contributed by atoms with Gasteiger partial charge in [-0.1, -0.05) is 18.2 Å². The molecule has 1 fully saturated rings. The van der Waals surface area contributed by atoms with Crippen molar-refractivity contribution in [2.45, 2.75) is 39.3 Å². The number of aromatic nitrogens is 3. The molecule has 2 aromatic heterocycles. The molecule has 3 heterocycles. The Hall–Kier alpha value is -3.43. The first-order chi connectivity index (χ1) is 15.2. The second kappa shape index (κ2) is 8.60. The lowest BCUT2D eigenvalue weighted by molar-refractivity contribution is -0.121. The Labute approximate surface area is 183 Å². The average molecular weight is 444 g/mol. The van der Waals surface area contributed by atoms with E-state index in [-0.39, 0.29) is 24.1 Å². The fourth-order valence-corrected chi connectivity index (χ4v) is 3.88. The summed E-state index contributed by atoms with van der Waals surface area (Å²) >= 11 is 0. The maximum Gasteiger partial charge on any atom is 0.266 e. The third-order valence-corrected chi connectivity index (χ3v) is 5.35. The number of piperazine rings is 1. The summed E-state index contributed by atoms with van der Waals surface area (Å²) in [7, 11) is 0. The number of amides is 1. The van der Waals surface area contributed by atoms with Gasteiger partial charge in [-0.2, -0.15) is 0 Å². The lowest BCUT2D eigenvalue weighted by Gasteiger charge is -2.32. The van der Waals surface area contributed by atoms with E-state index < -0.39 is 23.8 Å². The summed E-state index contributed by atoms with van der Waals surface area (Å²) in [5.74, 6) is 0.475. The Morgan fingerprint density at radius 1 is 1.25 bits per heavy atom. The molecule has 0 spiro atoms. The monoisotopic (exact) mass is 444 g/mol. The molecule has 0 aliphatic carbocycles. The van der Waals surface area contributed by atoms with Crippen molar-refractivity contribution in [3.8, 4) is 0 Å². The molecule has 1 aliphatic rings. The van der Waals surface area contributed by atoms with E-state index in [1.54, 1.807) is 26.1 Å². The smallest absolute Gasteiger partial charge is 0.266 e. The van der Waals surface area contributed by atoms with E-state index in [4.69, 9.17) is 0 Å². The summed E-state index contributed by atoms with van der Waals surface area (Å²) < 4.78 is 40.9. The largest absolute Gasteiger partial charge is 0.363 e. The molecule has 0 bridgehead atoms. The molecular formula is C22H23F3N6O. The van der Waals surface area contributed by atoms with Crippen LogP contribution in [0.3, 0.4) is 0 Å². The van der Waals surface area contributed by atoms with E-state index in [9.17, 15) is 18.0 Å². The number of anilines is 2. The van der Waals surface area contributed by atoms with Crippen molar-refractivity contribution in [1.82, 2.24) is 20.3 Å². The van der Waals surface area contributed by atoms with Crippen LogP contribution in [0.25, 0.3) is 10.9 Å². The fraction of sp³-hybridized carbons (Fsp3) is 0.364. The van der Waals surface area contributed by atoms with Gasteiger partial charge in [-0.25, -0.2) is 28.1 Å². The van der Waals surface area contributed by atoms with Gasteiger partial charge in [0.15, 0.2) is 0 Å². The molecule has 1 saturated heterocycles. The van der Waals surface area contributed by atoms with Crippen LogP contribution in [-0.2, 0) is 4.79 Å². The van der Waals surface area contributed by atoms with Crippen LogP contribution in [0.1, 0.15) is 43.3 Å². The molecule has 4 rings (SSSR count). The van der Waals surface area contributed by atoms with Crippen LogP contribution in [0.4, 0.5) is 24.8 Å². The minimum Gasteiger partial charge on any atom is -0.363 e. The summed E-state index contributed by atoms with van der Waals surface area (Å²) in [4.78, 5) is 27.1. The van der Waals surface area contributed by atoms with Gasteiger partial charge in [-0.05, 0) is 26.8 Å². The molecule has 168 valence electrons. The van der Waals surface area contributed by atoms with Gasteiger partial charge in [-0.15, -0.1) is 0 Å². The minimum atomic E-state index is -2.90. The Morgan fingerprint density at radius 2 is 2.00 bits per heavy atom. The molecule has 1 aliphatic heterocycles. The van der Waals surface area contributed by atoms with Gasteiger partial charge >= 0.3 is 0 Å². The van der Waals surface area contributed by atoms with E-state index in [0.717, 1.165) is 6.07 Å². The number of benzene rings is 1. The van der Waals surface area contributed by atoms with E-state index in [1.165, 1.54) is 12.1 Å². The van der Waals surface area contributed by atoms with E-state index >= 15 is 0 Å². The number of carbonyl (C=O) groups excluding carboxylic acids is 1. The number of nitrogens with zero attached hydrogens (tertiary/aromatic N) is 4. The summed E-state index contributed by atoms with van der Waals surface area (Å²) in [6, 6.07) is 5.08. The number of fused-ring (bicyclic) bond motifs is 1. The molecule has 32 heavy (non-hydrogen) atoms. The number of hydrogen-bond donors (Lipinski definition) is 2. The van der Waals surface area contributed by atoms with Crippen molar-refractivity contribution in [3.05, 3.63) is 53.2 Å². The van der Waals surface area contributed by atoms with Crippen LogP contribution in [0.5, 0.6) is 0 Å². The maximum absolute atomic E-state index is 14.6. The normalized spacial score (nSPS) is 17.5. The lowest BCUT2D eigenvalue weighted by atomic mass is 10.0. The van der Waals surface area contributed by atoms with Gasteiger partial charge in [0.05, 0.1) is 29.9 Å². The Morgan fingerprint density at radius 3 is 2.72 bits per heavy atom. The van der Waals surface area contributed by atoms with Crippen LogP contribution < -0.4 is 15.5 Å². The quantitative estimate of drug-likeness (QED) is 0.621. The van der Waals surface area contributed by atoms with Gasteiger partial charge in [0.25, 0.3) is 6.43 Å². The summed E-state index contributed by atoms with van der Waals surface area (Å²) in [6.07, 6.45) is -1.30. The molecule has 0 saturated carbocycles. The molecule has 0 radical (unpaired) electrons. The number of aryl methyl sites for hydroxylation is 1. The van der Waals surface area contributed by atoms with Crippen molar-refractivity contribution in [1.29, 1.82) is 0 Å². The van der Waals surface area contributed by atoms with E-state index in [0.29, 0.717) is 34.9 Å². The molecule has 1 aromatic carbocycles. The second-order valence-electron chi connectivity index (χ2n) is 7.95. The number of hydrogen-bond acceptors (Lipinski definition) is 6. The summed E-state index contributed by atoms with van der Waals surface area (Å²) in [5, 5.41) is 6.63. The number of alkyl halides is 2. The highest BCUT2D eigenvalue weighted by Crippen LogP contribution is 2.31. The first-order valence-electron chi connectivity index (χ1n) is 10.2. The van der Waals surface area contributed by atoms with Gasteiger partial charge in [-0.3, -0.25) is 4.79 Å². The first kappa shape index (κ1) is 21.8. The third-order valence-electron chi connectivity index (χ3n) is 5.35. The highest BCUT2D eigenvalue weighted by Gasteiger charge is 2.24. The predicted octanol–water partition coefficient (Wildman–Crippen LogP) is 3.91. The molecule has 7 nitrogen and oxygen atoms in total. The number of carbonyl (C=O) groups is 1. The van der Waals surface area contributed by atoms with Crippen LogP contribution in [0, 0.1) is 12.7 Å². The third kappa shape index (κ3) is 4.30. The minimum absolute atomic E-state index is 0.0225. The summed E-state index contributed by atoms with van der Waals surface area (Å²) in [5.41, 5.74) is 0.0548. The van der Waals surface area contributed by atoms with E-state index in [2.05, 4.69) is 25.6 Å². The van der Waals surface area contributed by atoms with Crippen molar-refractivity contribution < 1.29 is 18.0 Å². The maximum atomic E-state index is 14.6. The van der Waals surface area contributed by atoms with E-state index in [1.807, 2.05) is 11.8 Å². The SMILES string of the molecule is Cc1nc(NC(C)c2cccc(C(F)F)c2F)c2cc(N3CC(=O)N[C@@H](C)C3)ncc2n1. The average Bonchev–Trinajstić information content (AvgIpc) is 2.72. The van der Waals surface area contributed by atoms with Crippen molar-refractivity contribution in [3.63, 3.8) is 0 Å². The molecule has 2 N–H and O–H groups in total. The van der Waals surface area contributed by atoms with Crippen LogP contribution >= 0.6 is 0 Å². The number of halogens is 3. The van der Waals surface area contributed by atoms with Crippen molar-refractivity contribution in [2.24, 2.45) is 0 Å². The Balaban J connectivity index is 1.70. The van der Waals surface area contributed by atoms with Gasteiger partial charge < -0.3 is 15.5 Å². The standard InChI is InChI=1S/C22H23F3N6O/c1-11-9-31(10-19(32)27-11)18-7-16-17(8-26-18)29-13(3)30-22(16)28-12(2)14-5-4-6-15(20(14)23)21(24)25/h4-8,11-12,21H,9-10H2,1-3H3,(H,27,32)(H,28,29,30)/t11-,12?/m0/s1. The molecular weight excluding hydrogens is 421 g/mol. The molecule has 3 aromatic rings. The fourth-order valence-electron chi connectivity index (χ4n) is 3.88. The Bertz CT molecular complexity index is 1170. The highest BCUT2D eigenvalue weighted by molar-refractivity contribution is 5.91. The molecule has 1 amide bonds. The van der Waals surface area contributed by atoms with Gasteiger partial charge in [0.2, 0.25) is 5.91 Å². The Kier molecular flexibility index (Phi) is 5.86. The molecule has 1 unspecified atom stereocenters. The van der Waals surface area contributed by atoms with Crippen molar-refractivity contribution >= 4 is 28.4 Å². The van der Waals surface area contributed by atoms with Crippen LogP contribution in [0.15, 0.2) is 30.5 Å². The second-order valence-corrected chi connectivity index (χ2v) is 7.95. The number of nitrogens with one attached hydrogen (secondary N) is 2. The zero-order chi connectivity index (χ0) is 23.0. The van der Waals surface area contributed by atoms with Crippen LogP contribution in [-0.4, -0.2) is 40.0 Å². The predicted molar refractivity (Wildman–Crippen MR) is 115 cm³/mol. The highest BCUT2D eigenvalue weighted by atomic mass is 19.3. The van der Waals surface area contributed by atoms with Gasteiger partial charge in [0, 0.05) is 23.5 Å². The van der Waals surface area contributed by atoms with Crippen LogP contribution in [0.2, 0.25) is 0 Å².